The van der Waals surface area contributed by atoms with E-state index < -0.39 is 0 Å². The lowest BCUT2D eigenvalue weighted by Crippen LogP contribution is -2.12. The summed E-state index contributed by atoms with van der Waals surface area (Å²) in [4.78, 5) is 11.8. The van der Waals surface area contributed by atoms with Gasteiger partial charge in [-0.25, -0.2) is 4.39 Å². The molecule has 0 radical (unpaired) electrons. The summed E-state index contributed by atoms with van der Waals surface area (Å²) >= 11 is 0. The average Bonchev–Trinajstić information content (AvgIpc) is 2.34. The molecule has 0 atom stereocenters. The number of hydrogen-bond donors (Lipinski definition) is 2. The molecule has 0 spiro atoms. The maximum atomic E-state index is 13.3. The first-order chi connectivity index (χ1) is 8.56. The van der Waals surface area contributed by atoms with Crippen LogP contribution in [-0.2, 0) is 0 Å². The fourth-order valence-electron chi connectivity index (χ4n) is 1.51. The van der Waals surface area contributed by atoms with E-state index in [4.69, 9.17) is 5.73 Å². The van der Waals surface area contributed by atoms with Gasteiger partial charge in [0.15, 0.2) is 0 Å². The van der Waals surface area contributed by atoms with Crippen molar-refractivity contribution in [1.82, 2.24) is 0 Å². The van der Waals surface area contributed by atoms with Gasteiger partial charge in [-0.1, -0.05) is 6.07 Å². The van der Waals surface area contributed by atoms with E-state index >= 15 is 0 Å². The van der Waals surface area contributed by atoms with E-state index in [1.54, 1.807) is 43.3 Å². The van der Waals surface area contributed by atoms with Crippen molar-refractivity contribution in [3.8, 4) is 0 Å². The van der Waals surface area contributed by atoms with Crippen LogP contribution >= 0.6 is 0 Å². The number of halogens is 1. The van der Waals surface area contributed by atoms with Gasteiger partial charge in [0.05, 0.1) is 0 Å². The zero-order valence-electron chi connectivity index (χ0n) is 9.91. The van der Waals surface area contributed by atoms with E-state index in [1.165, 1.54) is 6.07 Å². The molecule has 0 heterocycles. The van der Waals surface area contributed by atoms with Crippen molar-refractivity contribution in [2.75, 3.05) is 11.1 Å². The average molecular weight is 244 g/mol. The quantitative estimate of drug-likeness (QED) is 0.798. The molecule has 92 valence electrons. The number of carbonyl (C=O) groups is 1. The molecular formula is C14H13FN2O. The molecule has 2 aromatic rings. The van der Waals surface area contributed by atoms with Gasteiger partial charge in [-0.2, -0.15) is 0 Å². The highest BCUT2D eigenvalue weighted by Gasteiger charge is 2.06. The standard InChI is InChI=1S/C14H13FN2O/c1-9-2-7-12(8-13(9)15)17-14(18)10-3-5-11(16)6-4-10/h2-8H,16H2,1H3,(H,17,18). The number of nitrogens with two attached hydrogens (primary N) is 1. The first kappa shape index (κ1) is 12.1. The van der Waals surface area contributed by atoms with Crippen LogP contribution in [0.25, 0.3) is 0 Å². The Morgan fingerprint density at radius 2 is 1.83 bits per heavy atom. The SMILES string of the molecule is Cc1ccc(NC(=O)c2ccc(N)cc2)cc1F. The Labute approximate surface area is 104 Å². The van der Waals surface area contributed by atoms with Gasteiger partial charge < -0.3 is 11.1 Å². The topological polar surface area (TPSA) is 55.1 Å². The lowest BCUT2D eigenvalue weighted by atomic mass is 10.1. The van der Waals surface area contributed by atoms with Gasteiger partial charge in [0.2, 0.25) is 0 Å². The van der Waals surface area contributed by atoms with E-state index in [2.05, 4.69) is 5.32 Å². The van der Waals surface area contributed by atoms with Crippen LogP contribution in [0, 0.1) is 12.7 Å². The maximum absolute atomic E-state index is 13.3. The third-order valence-corrected chi connectivity index (χ3v) is 2.60. The van der Waals surface area contributed by atoms with E-state index in [0.29, 0.717) is 22.5 Å². The molecule has 0 aliphatic carbocycles. The second-order valence-electron chi connectivity index (χ2n) is 4.04. The fourth-order valence-corrected chi connectivity index (χ4v) is 1.51. The normalized spacial score (nSPS) is 10.1. The summed E-state index contributed by atoms with van der Waals surface area (Å²) in [5, 5.41) is 2.63. The summed E-state index contributed by atoms with van der Waals surface area (Å²) in [6, 6.07) is 11.1. The van der Waals surface area contributed by atoms with Crippen molar-refractivity contribution in [2.45, 2.75) is 6.92 Å². The third kappa shape index (κ3) is 2.66. The van der Waals surface area contributed by atoms with Gasteiger partial charge in [0.1, 0.15) is 5.82 Å². The lowest BCUT2D eigenvalue weighted by Gasteiger charge is -2.06. The molecule has 3 N–H and O–H groups in total. The van der Waals surface area contributed by atoms with Gasteiger partial charge in [0, 0.05) is 16.9 Å². The molecule has 0 saturated heterocycles. The zero-order valence-corrected chi connectivity index (χ0v) is 9.91. The molecule has 2 rings (SSSR count). The van der Waals surface area contributed by atoms with Gasteiger partial charge in [-0.3, -0.25) is 4.79 Å². The maximum Gasteiger partial charge on any atom is 0.255 e. The second kappa shape index (κ2) is 4.87. The number of rotatable bonds is 2. The van der Waals surface area contributed by atoms with Crippen LogP contribution in [0.3, 0.4) is 0 Å². The van der Waals surface area contributed by atoms with Gasteiger partial charge in [-0.05, 0) is 48.9 Å². The van der Waals surface area contributed by atoms with Crippen LogP contribution in [0.15, 0.2) is 42.5 Å². The summed E-state index contributed by atoms with van der Waals surface area (Å²) in [6.45, 7) is 1.67. The Balaban J connectivity index is 2.16. The Morgan fingerprint density at radius 1 is 1.17 bits per heavy atom. The van der Waals surface area contributed by atoms with E-state index in [-0.39, 0.29) is 11.7 Å². The molecule has 4 heteroatoms. The highest BCUT2D eigenvalue weighted by atomic mass is 19.1. The van der Waals surface area contributed by atoms with Gasteiger partial charge in [0.25, 0.3) is 5.91 Å². The third-order valence-electron chi connectivity index (χ3n) is 2.60. The van der Waals surface area contributed by atoms with E-state index in [0.717, 1.165) is 0 Å². The van der Waals surface area contributed by atoms with Crippen LogP contribution in [-0.4, -0.2) is 5.91 Å². The summed E-state index contributed by atoms with van der Waals surface area (Å²) in [5.74, 6) is -0.636. The Kier molecular flexibility index (Phi) is 3.28. The smallest absolute Gasteiger partial charge is 0.255 e. The van der Waals surface area contributed by atoms with E-state index in [9.17, 15) is 9.18 Å². The first-order valence-electron chi connectivity index (χ1n) is 5.49. The Morgan fingerprint density at radius 3 is 2.44 bits per heavy atom. The minimum atomic E-state index is -0.342. The number of amides is 1. The van der Waals surface area contributed by atoms with E-state index in [1.807, 2.05) is 0 Å². The summed E-state index contributed by atoms with van der Waals surface area (Å²) in [7, 11) is 0. The number of benzene rings is 2. The minimum Gasteiger partial charge on any atom is -0.399 e. The molecule has 0 aliphatic rings. The second-order valence-corrected chi connectivity index (χ2v) is 4.04. The van der Waals surface area contributed by atoms with Gasteiger partial charge >= 0.3 is 0 Å². The molecule has 2 aromatic carbocycles. The van der Waals surface area contributed by atoms with Crippen molar-refractivity contribution in [2.24, 2.45) is 0 Å². The Hall–Kier alpha value is -2.36. The van der Waals surface area contributed by atoms with Crippen molar-refractivity contribution in [1.29, 1.82) is 0 Å². The summed E-state index contributed by atoms with van der Waals surface area (Å²) in [6.07, 6.45) is 0. The van der Waals surface area contributed by atoms with Crippen LogP contribution in [0.1, 0.15) is 15.9 Å². The number of aryl methyl sites for hydroxylation is 1. The van der Waals surface area contributed by atoms with Crippen LogP contribution in [0.5, 0.6) is 0 Å². The van der Waals surface area contributed by atoms with Crippen LogP contribution in [0.4, 0.5) is 15.8 Å². The van der Waals surface area contributed by atoms with Crippen molar-refractivity contribution in [3.63, 3.8) is 0 Å². The number of hydrogen-bond acceptors (Lipinski definition) is 2. The highest BCUT2D eigenvalue weighted by Crippen LogP contribution is 2.15. The largest absolute Gasteiger partial charge is 0.399 e. The molecule has 0 bridgehead atoms. The predicted octanol–water partition coefficient (Wildman–Crippen LogP) is 2.97. The number of nitrogens with one attached hydrogen (secondary N) is 1. The molecular weight excluding hydrogens is 231 g/mol. The minimum absolute atomic E-state index is 0.293. The molecule has 1 amide bonds. The fraction of sp³-hybridized carbons (Fsp3) is 0.0714. The van der Waals surface area contributed by atoms with Gasteiger partial charge in [-0.15, -0.1) is 0 Å². The Bertz CT molecular complexity index is 579. The predicted molar refractivity (Wildman–Crippen MR) is 69.9 cm³/mol. The highest BCUT2D eigenvalue weighted by molar-refractivity contribution is 6.04. The molecule has 3 nitrogen and oxygen atoms in total. The zero-order chi connectivity index (χ0) is 13.1. The number of anilines is 2. The van der Waals surface area contributed by atoms with Crippen LogP contribution in [0.2, 0.25) is 0 Å². The molecule has 0 saturated carbocycles. The monoisotopic (exact) mass is 244 g/mol. The molecule has 18 heavy (non-hydrogen) atoms. The summed E-state index contributed by atoms with van der Waals surface area (Å²) < 4.78 is 13.3. The van der Waals surface area contributed by atoms with Crippen molar-refractivity contribution >= 4 is 17.3 Å². The first-order valence-corrected chi connectivity index (χ1v) is 5.49. The summed E-state index contributed by atoms with van der Waals surface area (Å²) in [5.41, 5.74) is 7.57. The molecule has 0 aromatic heterocycles. The lowest BCUT2D eigenvalue weighted by molar-refractivity contribution is 0.102. The molecule has 0 fully saturated rings. The number of nitrogen functional groups attached to an aromatic ring is 1. The van der Waals surface area contributed by atoms with Crippen LogP contribution < -0.4 is 11.1 Å². The number of carbonyl (C=O) groups excluding carboxylic acids is 1. The molecule has 0 unspecified atom stereocenters. The van der Waals surface area contributed by atoms with Crippen molar-refractivity contribution in [3.05, 3.63) is 59.4 Å². The van der Waals surface area contributed by atoms with Crippen molar-refractivity contribution < 1.29 is 9.18 Å². The molecule has 0 aliphatic heterocycles.